The minimum atomic E-state index is -1.44. The van der Waals surface area contributed by atoms with E-state index in [4.69, 9.17) is 43.6 Å². The summed E-state index contributed by atoms with van der Waals surface area (Å²) in [5, 5.41) is 13.4. The van der Waals surface area contributed by atoms with Gasteiger partial charge in [0.25, 0.3) is 0 Å². The monoisotopic (exact) mass is 1210 g/mol. The van der Waals surface area contributed by atoms with E-state index in [1.54, 1.807) is 86.5 Å². The topological polar surface area (TPSA) is 303 Å². The van der Waals surface area contributed by atoms with Crippen molar-refractivity contribution in [2.45, 2.75) is 77.9 Å². The Morgan fingerprint density at radius 2 is 1.17 bits per heavy atom. The molecule has 0 saturated heterocycles. The van der Waals surface area contributed by atoms with Gasteiger partial charge in [-0.15, -0.1) is 0 Å². The lowest BCUT2D eigenvalue weighted by Gasteiger charge is -2.26. The predicted octanol–water partition coefficient (Wildman–Crippen LogP) is 3.60. The van der Waals surface area contributed by atoms with Gasteiger partial charge in [0.1, 0.15) is 24.7 Å². The number of primary amides is 1. The summed E-state index contributed by atoms with van der Waals surface area (Å²) in [5.41, 5.74) is 10.2. The molecule has 7 N–H and O–H groups in total. The van der Waals surface area contributed by atoms with E-state index in [2.05, 4.69) is 38.4 Å². The smallest absolute Gasteiger partial charge is 0.410 e. The first-order chi connectivity index (χ1) is 42.0. The highest BCUT2D eigenvalue weighted by atomic mass is 16.6. The van der Waals surface area contributed by atoms with Crippen molar-refractivity contribution >= 4 is 58.8 Å². The molecule has 470 valence electrons. The molecule has 87 heavy (non-hydrogen) atoms. The van der Waals surface area contributed by atoms with Crippen molar-refractivity contribution in [1.82, 2.24) is 26.2 Å². The second-order valence-electron chi connectivity index (χ2n) is 20.3. The normalized spacial score (nSPS) is 12.6. The Bertz CT molecular complexity index is 2930. The molecule has 5 rings (SSSR count). The molecule has 0 fully saturated rings. The Balaban J connectivity index is 1.09. The van der Waals surface area contributed by atoms with Crippen LogP contribution < -0.4 is 37.2 Å². The van der Waals surface area contributed by atoms with Crippen LogP contribution in [0.2, 0.25) is 0 Å². The van der Waals surface area contributed by atoms with Crippen molar-refractivity contribution < 1.29 is 76.3 Å². The number of hydrogen-bond donors (Lipinski definition) is 6. The molecule has 0 aliphatic carbocycles. The van der Waals surface area contributed by atoms with Crippen molar-refractivity contribution in [2.75, 3.05) is 117 Å². The molecule has 24 nitrogen and oxygen atoms in total. The van der Waals surface area contributed by atoms with Crippen LogP contribution in [-0.4, -0.2) is 177 Å². The first-order valence-electron chi connectivity index (χ1n) is 28.8. The average molecular weight is 1210 g/mol. The van der Waals surface area contributed by atoms with Crippen LogP contribution in [0.25, 0.3) is 0 Å². The third-order valence-corrected chi connectivity index (χ3v) is 13.2. The minimum absolute atomic E-state index is 0.00663. The Morgan fingerprint density at radius 1 is 0.609 bits per heavy atom. The Labute approximate surface area is 508 Å². The maximum Gasteiger partial charge on any atom is 0.410 e. The van der Waals surface area contributed by atoms with E-state index in [-0.39, 0.29) is 64.8 Å². The van der Waals surface area contributed by atoms with Gasteiger partial charge < -0.3 is 80.0 Å². The summed E-state index contributed by atoms with van der Waals surface area (Å²) < 4.78 is 43.3. The standard InChI is InChI=1S/C63H82N8O16/c1-44(2)58(62(78)66-45(3)60(76)67-51-22-18-46(19-23-51)43-87-63(79)70(4)41-50-15-8-10-16-52(50)59(64)75)69-56(73)40-53(61(77)65-26-27-81-30-31-83-34-35-85-38-39-86-37-36-84-33-32-82-29-28-80-5)68-55(72)24-25-57(74)71-42-49-14-7-6-12-47(49)20-21-48-13-9-11-17-54(48)71/h6-19,22-23,44-45,53,58H,24-43H2,1-5H3,(H2,64,75)(H,65,77)(H,66,78)(H,67,76)(H,68,72)(H,69,73)/t45-,53-,58-/m0/s1. The molecule has 0 unspecified atom stereocenters. The minimum Gasteiger partial charge on any atom is -0.445 e. The fourth-order valence-electron chi connectivity index (χ4n) is 8.48. The number of nitrogens with zero attached hydrogens (tertiary/aromatic N) is 2. The molecule has 4 aromatic rings. The van der Waals surface area contributed by atoms with Gasteiger partial charge in [-0.25, -0.2) is 4.79 Å². The molecule has 3 atom stereocenters. The summed E-state index contributed by atoms with van der Waals surface area (Å²) in [6.45, 7) is 9.96. The van der Waals surface area contributed by atoms with E-state index in [0.717, 1.165) is 11.1 Å². The summed E-state index contributed by atoms with van der Waals surface area (Å²) in [5.74, 6) is 1.45. The summed E-state index contributed by atoms with van der Waals surface area (Å²) in [4.78, 5) is 110. The van der Waals surface area contributed by atoms with Crippen LogP contribution in [0.5, 0.6) is 0 Å². The zero-order valence-corrected chi connectivity index (χ0v) is 50.2. The number of carbonyl (C=O) groups excluding carboxylic acids is 8. The molecular formula is C63H82N8O16. The van der Waals surface area contributed by atoms with Crippen LogP contribution in [0, 0.1) is 17.8 Å². The summed E-state index contributed by atoms with van der Waals surface area (Å²) in [7, 11) is 3.14. The van der Waals surface area contributed by atoms with Crippen molar-refractivity contribution in [3.63, 3.8) is 0 Å². The van der Waals surface area contributed by atoms with E-state index in [9.17, 15) is 38.4 Å². The number of nitrogens with two attached hydrogens (primary N) is 1. The number of nitrogens with one attached hydrogen (secondary N) is 5. The van der Waals surface area contributed by atoms with Gasteiger partial charge in [0, 0.05) is 62.5 Å². The lowest BCUT2D eigenvalue weighted by atomic mass is 10.0. The number of fused-ring (bicyclic) bond motifs is 2. The van der Waals surface area contributed by atoms with Crippen molar-refractivity contribution in [1.29, 1.82) is 0 Å². The van der Waals surface area contributed by atoms with Crippen LogP contribution in [0.3, 0.4) is 0 Å². The third kappa shape index (κ3) is 25.3. The van der Waals surface area contributed by atoms with Gasteiger partial charge in [-0.3, -0.25) is 33.6 Å². The van der Waals surface area contributed by atoms with Crippen molar-refractivity contribution in [3.8, 4) is 11.8 Å². The third-order valence-electron chi connectivity index (χ3n) is 13.2. The van der Waals surface area contributed by atoms with Crippen LogP contribution in [0.15, 0.2) is 97.1 Å². The summed E-state index contributed by atoms with van der Waals surface area (Å²) in [6, 6.07) is 24.2. The SMILES string of the molecule is COCCOCCOCCOCCOCCOCCOCCNC(=O)[C@H](CC(=O)N[C@H](C(=O)N[C@@H](C)C(=O)Nc1ccc(COC(=O)N(C)Cc2ccccc2C(N)=O)cc1)C(C)C)NC(=O)CCC(=O)N1Cc2ccccc2C#Cc2ccccc21. The van der Waals surface area contributed by atoms with Gasteiger partial charge >= 0.3 is 6.09 Å². The van der Waals surface area contributed by atoms with Crippen LogP contribution in [0.1, 0.15) is 78.2 Å². The van der Waals surface area contributed by atoms with Crippen molar-refractivity contribution in [3.05, 3.63) is 130 Å². The van der Waals surface area contributed by atoms with E-state index in [0.29, 0.717) is 99.7 Å². The van der Waals surface area contributed by atoms with Crippen LogP contribution in [0.4, 0.5) is 16.2 Å². The second kappa shape index (κ2) is 38.7. The molecule has 0 bridgehead atoms. The summed E-state index contributed by atoms with van der Waals surface area (Å²) >= 11 is 0. The van der Waals surface area contributed by atoms with Crippen LogP contribution >= 0.6 is 0 Å². The van der Waals surface area contributed by atoms with Gasteiger partial charge in [-0.2, -0.15) is 0 Å². The van der Waals surface area contributed by atoms with Crippen molar-refractivity contribution in [2.24, 2.45) is 11.7 Å². The number of methoxy groups -OCH3 is 1. The number of amides is 8. The molecule has 1 aliphatic rings. The fourth-order valence-corrected chi connectivity index (χ4v) is 8.48. The molecule has 8 amide bonds. The Kier molecular flexibility index (Phi) is 30.9. The molecule has 1 heterocycles. The molecule has 1 aliphatic heterocycles. The highest BCUT2D eigenvalue weighted by molar-refractivity contribution is 6.00. The maximum atomic E-state index is 14.0. The molecule has 4 aromatic carbocycles. The quantitative estimate of drug-likeness (QED) is 0.0275. The van der Waals surface area contributed by atoms with Gasteiger partial charge in [0.05, 0.1) is 105 Å². The number of anilines is 2. The molecule has 0 aromatic heterocycles. The lowest BCUT2D eigenvalue weighted by molar-refractivity contribution is -0.134. The van der Waals surface area contributed by atoms with Gasteiger partial charge in [0.15, 0.2) is 0 Å². The molecule has 0 radical (unpaired) electrons. The first kappa shape index (κ1) is 69.5. The Hall–Kier alpha value is -8.28. The number of benzene rings is 4. The predicted molar refractivity (Wildman–Crippen MR) is 322 cm³/mol. The van der Waals surface area contributed by atoms with E-state index in [1.807, 2.05) is 36.4 Å². The van der Waals surface area contributed by atoms with E-state index in [1.165, 1.54) is 18.9 Å². The summed E-state index contributed by atoms with van der Waals surface area (Å²) in [6.07, 6.45) is -1.79. The van der Waals surface area contributed by atoms with Gasteiger partial charge in [-0.05, 0) is 65.9 Å². The highest BCUT2D eigenvalue weighted by Gasteiger charge is 2.31. The zero-order chi connectivity index (χ0) is 62.8. The largest absolute Gasteiger partial charge is 0.445 e. The molecule has 0 spiro atoms. The molecule has 0 saturated carbocycles. The number of hydrogen-bond acceptors (Lipinski definition) is 16. The van der Waals surface area contributed by atoms with E-state index < -0.39 is 72.0 Å². The Morgan fingerprint density at radius 3 is 1.79 bits per heavy atom. The average Bonchev–Trinajstić information content (AvgIpc) is 1.91. The number of rotatable bonds is 39. The number of para-hydroxylation sites is 1. The second-order valence-corrected chi connectivity index (χ2v) is 20.3. The maximum absolute atomic E-state index is 14.0. The first-order valence-corrected chi connectivity index (χ1v) is 28.8. The van der Waals surface area contributed by atoms with Crippen LogP contribution in [-0.2, 0) is 86.4 Å². The highest BCUT2D eigenvalue weighted by Crippen LogP contribution is 2.26. The fraction of sp³-hybridized carbons (Fsp3) is 0.460. The number of ether oxygens (including phenoxy) is 8. The molecule has 24 heteroatoms. The zero-order valence-electron chi connectivity index (χ0n) is 50.2. The van der Waals surface area contributed by atoms with Gasteiger partial charge in [0.2, 0.25) is 41.4 Å². The molecular weight excluding hydrogens is 1120 g/mol. The van der Waals surface area contributed by atoms with E-state index >= 15 is 0 Å². The lowest BCUT2D eigenvalue weighted by Crippen LogP contribution is -2.55. The number of carbonyl (C=O) groups is 8. The van der Waals surface area contributed by atoms with Gasteiger partial charge in [-0.1, -0.05) is 86.4 Å².